The molecule has 2 aromatic carbocycles. The second kappa shape index (κ2) is 11.4. The van der Waals surface area contributed by atoms with Crippen molar-refractivity contribution in [1.82, 2.24) is 24.5 Å². The van der Waals surface area contributed by atoms with Crippen LogP contribution in [0.5, 0.6) is 0 Å². The Balaban J connectivity index is 1.20. The average molecular weight is 543 g/mol. The molecule has 6 rings (SSSR count). The highest BCUT2D eigenvalue weighted by Crippen LogP contribution is 2.20. The van der Waals surface area contributed by atoms with E-state index in [1.807, 2.05) is 66.4 Å². The van der Waals surface area contributed by atoms with Crippen LogP contribution >= 0.6 is 0 Å². The van der Waals surface area contributed by atoms with Crippen molar-refractivity contribution < 1.29 is 14.3 Å². The summed E-state index contributed by atoms with van der Waals surface area (Å²) in [6.45, 7) is 4.23. The predicted octanol–water partition coefficient (Wildman–Crippen LogP) is 4.22. The molecule has 0 aliphatic carbocycles. The van der Waals surface area contributed by atoms with Gasteiger partial charge in [-0.1, -0.05) is 36.3 Å². The van der Waals surface area contributed by atoms with Gasteiger partial charge in [-0.2, -0.15) is 5.10 Å². The number of rotatable bonds is 4. The van der Waals surface area contributed by atoms with E-state index in [0.29, 0.717) is 60.2 Å². The minimum atomic E-state index is -0.224. The molecule has 1 aliphatic heterocycles. The van der Waals surface area contributed by atoms with Crippen LogP contribution < -0.4 is 5.32 Å². The zero-order chi connectivity index (χ0) is 28.2. The molecule has 9 heteroatoms. The van der Waals surface area contributed by atoms with Crippen LogP contribution in [-0.4, -0.2) is 62.6 Å². The maximum atomic E-state index is 12.8. The van der Waals surface area contributed by atoms with Crippen LogP contribution in [-0.2, 0) is 4.74 Å². The molecule has 2 amide bonds. The standard InChI is InChI=1S/C32H26N6O3/c1-22-4-2-3-5-27(22)31(39)35-29-20-23(14-15-33-29)6-11-26-21-34-30-13-12-28(36-38(26)30)24-7-9-25(10-8-24)32(40)37-16-18-41-19-17-37/h2-5,7-10,12-15,20-21H,16-19H2,1H3,(H,33,35,39). The quantitative estimate of drug-likeness (QED) is 0.341. The molecule has 1 N–H and O–H groups in total. The highest BCUT2D eigenvalue weighted by atomic mass is 16.5. The van der Waals surface area contributed by atoms with E-state index in [0.717, 1.165) is 16.8 Å². The fourth-order valence-electron chi connectivity index (χ4n) is 4.57. The predicted molar refractivity (Wildman–Crippen MR) is 154 cm³/mol. The van der Waals surface area contributed by atoms with E-state index in [-0.39, 0.29) is 11.8 Å². The largest absolute Gasteiger partial charge is 0.378 e. The van der Waals surface area contributed by atoms with Gasteiger partial charge in [0.05, 0.1) is 25.1 Å². The molecule has 0 unspecified atom stereocenters. The summed E-state index contributed by atoms with van der Waals surface area (Å²) in [5.41, 5.74) is 5.69. The molecule has 1 fully saturated rings. The lowest BCUT2D eigenvalue weighted by atomic mass is 10.1. The molecule has 0 bridgehead atoms. The first-order chi connectivity index (χ1) is 20.0. The van der Waals surface area contributed by atoms with E-state index in [2.05, 4.69) is 27.1 Å². The van der Waals surface area contributed by atoms with Crippen molar-refractivity contribution in [3.05, 3.63) is 113 Å². The fraction of sp³-hybridized carbons (Fsp3) is 0.156. The summed E-state index contributed by atoms with van der Waals surface area (Å²) in [6.07, 6.45) is 3.28. The molecule has 1 saturated heterocycles. The lowest BCUT2D eigenvalue weighted by Crippen LogP contribution is -2.40. The third kappa shape index (κ3) is 5.69. The van der Waals surface area contributed by atoms with E-state index in [1.165, 1.54) is 0 Å². The van der Waals surface area contributed by atoms with Crippen LogP contribution in [0.4, 0.5) is 5.82 Å². The number of hydrogen-bond acceptors (Lipinski definition) is 6. The number of fused-ring (bicyclic) bond motifs is 1. The van der Waals surface area contributed by atoms with Gasteiger partial charge >= 0.3 is 0 Å². The Kier molecular flexibility index (Phi) is 7.22. The molecule has 4 heterocycles. The van der Waals surface area contributed by atoms with Gasteiger partial charge in [0.15, 0.2) is 5.65 Å². The molecular formula is C32H26N6O3. The van der Waals surface area contributed by atoms with E-state index >= 15 is 0 Å². The third-order valence-corrected chi connectivity index (χ3v) is 6.81. The van der Waals surface area contributed by atoms with Crippen molar-refractivity contribution in [3.8, 4) is 23.1 Å². The number of nitrogens with zero attached hydrogens (tertiary/aromatic N) is 5. The van der Waals surface area contributed by atoms with Crippen molar-refractivity contribution in [1.29, 1.82) is 0 Å². The van der Waals surface area contributed by atoms with Gasteiger partial charge in [-0.3, -0.25) is 9.59 Å². The number of nitrogens with one attached hydrogen (secondary N) is 1. The fourth-order valence-corrected chi connectivity index (χ4v) is 4.57. The first-order valence-corrected chi connectivity index (χ1v) is 13.2. The molecular weight excluding hydrogens is 516 g/mol. The van der Waals surface area contributed by atoms with Crippen molar-refractivity contribution in [2.45, 2.75) is 6.92 Å². The van der Waals surface area contributed by atoms with Gasteiger partial charge in [0, 0.05) is 41.5 Å². The molecule has 9 nitrogen and oxygen atoms in total. The van der Waals surface area contributed by atoms with Crippen LogP contribution in [0.2, 0.25) is 0 Å². The molecule has 202 valence electrons. The van der Waals surface area contributed by atoms with Gasteiger partial charge in [0.1, 0.15) is 11.5 Å². The van der Waals surface area contributed by atoms with Gasteiger partial charge in [-0.25, -0.2) is 14.5 Å². The van der Waals surface area contributed by atoms with Crippen molar-refractivity contribution >= 4 is 23.3 Å². The van der Waals surface area contributed by atoms with Crippen LogP contribution in [0.15, 0.2) is 85.2 Å². The second-order valence-electron chi connectivity index (χ2n) is 9.56. The van der Waals surface area contributed by atoms with Crippen LogP contribution in [0, 0.1) is 18.8 Å². The minimum Gasteiger partial charge on any atom is -0.378 e. The Hall–Kier alpha value is -5.33. The molecule has 0 radical (unpaired) electrons. The van der Waals surface area contributed by atoms with E-state index in [9.17, 15) is 9.59 Å². The monoisotopic (exact) mass is 542 g/mol. The third-order valence-electron chi connectivity index (χ3n) is 6.81. The van der Waals surface area contributed by atoms with Gasteiger partial charge in [-0.15, -0.1) is 0 Å². The van der Waals surface area contributed by atoms with Gasteiger partial charge in [-0.05, 0) is 60.9 Å². The van der Waals surface area contributed by atoms with Crippen LogP contribution in [0.1, 0.15) is 37.5 Å². The van der Waals surface area contributed by atoms with Crippen LogP contribution in [0.3, 0.4) is 0 Å². The van der Waals surface area contributed by atoms with E-state index in [4.69, 9.17) is 9.84 Å². The Morgan fingerprint density at radius 2 is 1.73 bits per heavy atom. The number of aromatic nitrogens is 4. The number of hydrogen-bond donors (Lipinski definition) is 1. The first-order valence-electron chi connectivity index (χ1n) is 13.2. The summed E-state index contributed by atoms with van der Waals surface area (Å²) in [5, 5.41) is 7.59. The topological polar surface area (TPSA) is 102 Å². The molecule has 0 spiro atoms. The number of amides is 2. The maximum Gasteiger partial charge on any atom is 0.257 e. The van der Waals surface area contributed by atoms with E-state index in [1.54, 1.807) is 35.1 Å². The molecule has 5 aromatic rings. The minimum absolute atomic E-state index is 0.00412. The summed E-state index contributed by atoms with van der Waals surface area (Å²) in [5.74, 6) is 6.45. The van der Waals surface area contributed by atoms with E-state index < -0.39 is 0 Å². The highest BCUT2D eigenvalue weighted by molar-refractivity contribution is 6.04. The van der Waals surface area contributed by atoms with Crippen LogP contribution in [0.25, 0.3) is 16.9 Å². The molecule has 1 aliphatic rings. The second-order valence-corrected chi connectivity index (χ2v) is 9.56. The Labute approximate surface area is 236 Å². The maximum absolute atomic E-state index is 12.8. The molecule has 3 aromatic heterocycles. The van der Waals surface area contributed by atoms with Gasteiger partial charge in [0.25, 0.3) is 11.8 Å². The normalized spacial score (nSPS) is 13.0. The summed E-state index contributed by atoms with van der Waals surface area (Å²) in [4.78, 5) is 35.9. The van der Waals surface area contributed by atoms with Gasteiger partial charge in [0.2, 0.25) is 0 Å². The number of anilines is 1. The first kappa shape index (κ1) is 25.9. The molecule has 0 atom stereocenters. The number of morpholine rings is 1. The molecule has 41 heavy (non-hydrogen) atoms. The summed E-state index contributed by atoms with van der Waals surface area (Å²) < 4.78 is 7.04. The lowest BCUT2D eigenvalue weighted by Gasteiger charge is -2.26. The average Bonchev–Trinajstić information content (AvgIpc) is 3.43. The number of pyridine rings is 1. The zero-order valence-electron chi connectivity index (χ0n) is 22.4. The Bertz CT molecular complexity index is 1810. The van der Waals surface area contributed by atoms with Crippen molar-refractivity contribution in [3.63, 3.8) is 0 Å². The number of benzene rings is 2. The molecule has 0 saturated carbocycles. The SMILES string of the molecule is Cc1ccccc1C(=O)Nc1cc(C#Cc2cnc3ccc(-c4ccc(C(=O)N5CCOCC5)cc4)nn23)ccn1. The number of carbonyl (C=O) groups excluding carboxylic acids is 2. The van der Waals surface area contributed by atoms with Gasteiger partial charge < -0.3 is 15.0 Å². The Morgan fingerprint density at radius 1 is 0.927 bits per heavy atom. The number of aryl methyl sites for hydroxylation is 1. The van der Waals surface area contributed by atoms with Crippen molar-refractivity contribution in [2.75, 3.05) is 31.6 Å². The number of imidazole rings is 1. The summed E-state index contributed by atoms with van der Waals surface area (Å²) in [7, 11) is 0. The number of carbonyl (C=O) groups is 2. The highest BCUT2D eigenvalue weighted by Gasteiger charge is 2.18. The smallest absolute Gasteiger partial charge is 0.257 e. The summed E-state index contributed by atoms with van der Waals surface area (Å²) >= 11 is 0. The summed E-state index contributed by atoms with van der Waals surface area (Å²) in [6, 6.07) is 22.1. The lowest BCUT2D eigenvalue weighted by molar-refractivity contribution is 0.0303. The van der Waals surface area contributed by atoms with Crippen molar-refractivity contribution in [2.24, 2.45) is 0 Å². The zero-order valence-corrected chi connectivity index (χ0v) is 22.4. The number of ether oxygens (including phenoxy) is 1. The Morgan fingerprint density at radius 3 is 2.54 bits per heavy atom.